The molecule has 1 aliphatic heterocycles. The van der Waals surface area contributed by atoms with Crippen LogP contribution in [0.5, 0.6) is 0 Å². The number of nitrogens with zero attached hydrogens (tertiary/aromatic N) is 1. The summed E-state index contributed by atoms with van der Waals surface area (Å²) in [5, 5.41) is 13.3. The zero-order chi connectivity index (χ0) is 15.0. The van der Waals surface area contributed by atoms with Gasteiger partial charge in [0.05, 0.1) is 18.2 Å². The van der Waals surface area contributed by atoms with Crippen molar-refractivity contribution in [2.24, 2.45) is 5.92 Å². The highest BCUT2D eigenvalue weighted by molar-refractivity contribution is 9.10. The van der Waals surface area contributed by atoms with E-state index in [1.165, 1.54) is 0 Å². The van der Waals surface area contributed by atoms with Crippen LogP contribution < -0.4 is 5.32 Å². The number of carbonyl (C=O) groups excluding carboxylic acids is 1. The van der Waals surface area contributed by atoms with Crippen molar-refractivity contribution in [1.82, 2.24) is 10.2 Å². The van der Waals surface area contributed by atoms with Crippen LogP contribution in [0.15, 0.2) is 28.7 Å². The van der Waals surface area contributed by atoms with Gasteiger partial charge in [0.25, 0.3) is 0 Å². The number of rotatable bonds is 5. The number of carbonyl (C=O) groups is 1. The van der Waals surface area contributed by atoms with Crippen LogP contribution >= 0.6 is 15.9 Å². The molecule has 4 nitrogen and oxygen atoms in total. The molecule has 1 aliphatic carbocycles. The maximum Gasteiger partial charge on any atom is 0.234 e. The lowest BCUT2D eigenvalue weighted by Gasteiger charge is -2.46. The number of β-amino-alcohol motifs (C(OH)–C–C–N with tert-alkyl or cyclic N) is 1. The summed E-state index contributed by atoms with van der Waals surface area (Å²) < 4.78 is 1.03. The number of hydrogen-bond donors (Lipinski definition) is 2. The molecule has 3 rings (SSSR count). The van der Waals surface area contributed by atoms with Gasteiger partial charge in [-0.05, 0) is 43.4 Å². The Labute approximate surface area is 133 Å². The first-order chi connectivity index (χ1) is 9.96. The summed E-state index contributed by atoms with van der Waals surface area (Å²) in [7, 11) is 0. The van der Waals surface area contributed by atoms with Gasteiger partial charge in [0.1, 0.15) is 0 Å². The van der Waals surface area contributed by atoms with Crippen molar-refractivity contribution in [3.8, 4) is 0 Å². The van der Waals surface area contributed by atoms with Crippen LogP contribution in [0.25, 0.3) is 0 Å². The van der Waals surface area contributed by atoms with Gasteiger partial charge in [-0.1, -0.05) is 28.1 Å². The Morgan fingerprint density at radius 2 is 2.05 bits per heavy atom. The van der Waals surface area contributed by atoms with E-state index in [-0.39, 0.29) is 11.9 Å². The lowest BCUT2D eigenvalue weighted by atomic mass is 9.89. The third-order valence-corrected chi connectivity index (χ3v) is 4.98. The largest absolute Gasteiger partial charge is 0.387 e. The highest BCUT2D eigenvalue weighted by Crippen LogP contribution is 2.44. The van der Waals surface area contributed by atoms with Gasteiger partial charge >= 0.3 is 0 Å². The van der Waals surface area contributed by atoms with E-state index in [0.29, 0.717) is 25.6 Å². The number of halogens is 1. The second-order valence-electron chi connectivity index (χ2n) is 6.36. The number of nitrogens with one attached hydrogen (secondary N) is 1. The molecule has 2 fully saturated rings. The molecular weight excluding hydrogens is 332 g/mol. The summed E-state index contributed by atoms with van der Waals surface area (Å²) in [5.74, 6) is 0.488. The molecule has 0 radical (unpaired) electrons. The Kier molecular flexibility index (Phi) is 4.08. The predicted molar refractivity (Wildman–Crippen MR) is 84.8 cm³/mol. The second-order valence-corrected chi connectivity index (χ2v) is 7.28. The molecule has 0 bridgehead atoms. The first-order valence-electron chi connectivity index (χ1n) is 7.46. The van der Waals surface area contributed by atoms with Gasteiger partial charge in [-0.2, -0.15) is 0 Å². The molecule has 0 aromatic heterocycles. The first-order valence-corrected chi connectivity index (χ1v) is 8.25. The van der Waals surface area contributed by atoms with Gasteiger partial charge in [-0.3, -0.25) is 9.69 Å². The Morgan fingerprint density at radius 3 is 2.62 bits per heavy atom. The zero-order valence-corrected chi connectivity index (χ0v) is 13.8. The van der Waals surface area contributed by atoms with E-state index in [4.69, 9.17) is 0 Å². The van der Waals surface area contributed by atoms with E-state index in [1.54, 1.807) is 0 Å². The molecule has 5 heteroatoms. The maximum absolute atomic E-state index is 12.0. The fraction of sp³-hybridized carbons (Fsp3) is 0.562. The molecule has 114 valence electrons. The number of benzene rings is 1. The molecule has 0 spiro atoms. The van der Waals surface area contributed by atoms with Crippen molar-refractivity contribution in [3.05, 3.63) is 34.3 Å². The van der Waals surface area contributed by atoms with Crippen molar-refractivity contribution in [1.29, 1.82) is 0 Å². The molecular formula is C16H21BrN2O2. The third kappa shape index (κ3) is 3.47. The van der Waals surface area contributed by atoms with Crippen LogP contribution in [0.1, 0.15) is 31.4 Å². The zero-order valence-electron chi connectivity index (χ0n) is 12.2. The molecule has 1 aromatic carbocycles. The summed E-state index contributed by atoms with van der Waals surface area (Å²) in [4.78, 5) is 14.1. The SMILES string of the molecule is CC(NC(=O)CN1CC(O)(C2CC2)C1)c1ccc(Br)cc1. The first kappa shape index (κ1) is 15.0. The van der Waals surface area contributed by atoms with E-state index in [9.17, 15) is 9.90 Å². The fourth-order valence-corrected chi connectivity index (χ4v) is 3.31. The number of hydrogen-bond acceptors (Lipinski definition) is 3. The summed E-state index contributed by atoms with van der Waals surface area (Å²) in [6.07, 6.45) is 2.27. The van der Waals surface area contributed by atoms with E-state index in [0.717, 1.165) is 22.9 Å². The van der Waals surface area contributed by atoms with Gasteiger partial charge in [-0.15, -0.1) is 0 Å². The van der Waals surface area contributed by atoms with Crippen molar-refractivity contribution in [2.75, 3.05) is 19.6 Å². The van der Waals surface area contributed by atoms with Gasteiger partial charge in [0.2, 0.25) is 5.91 Å². The topological polar surface area (TPSA) is 52.6 Å². The second kappa shape index (κ2) is 5.71. The van der Waals surface area contributed by atoms with Crippen LogP contribution in [-0.2, 0) is 4.79 Å². The minimum atomic E-state index is -0.516. The molecule has 2 N–H and O–H groups in total. The van der Waals surface area contributed by atoms with Crippen molar-refractivity contribution in [2.45, 2.75) is 31.4 Å². The highest BCUT2D eigenvalue weighted by Gasteiger charge is 2.51. The maximum atomic E-state index is 12.0. The molecule has 21 heavy (non-hydrogen) atoms. The summed E-state index contributed by atoms with van der Waals surface area (Å²) >= 11 is 3.40. The van der Waals surface area contributed by atoms with Gasteiger partial charge in [0.15, 0.2) is 0 Å². The highest BCUT2D eigenvalue weighted by atomic mass is 79.9. The number of amides is 1. The van der Waals surface area contributed by atoms with Crippen molar-refractivity contribution < 1.29 is 9.90 Å². The lowest BCUT2D eigenvalue weighted by molar-refractivity contribution is -0.137. The van der Waals surface area contributed by atoms with Crippen LogP contribution in [-0.4, -0.2) is 41.1 Å². The van der Waals surface area contributed by atoms with Crippen LogP contribution in [0.4, 0.5) is 0 Å². The molecule has 1 aromatic rings. The average Bonchev–Trinajstić information content (AvgIpc) is 3.21. The number of aliphatic hydroxyl groups is 1. The van der Waals surface area contributed by atoms with E-state index < -0.39 is 5.60 Å². The smallest absolute Gasteiger partial charge is 0.234 e. The van der Waals surface area contributed by atoms with E-state index in [2.05, 4.69) is 21.2 Å². The molecule has 1 unspecified atom stereocenters. The Balaban J connectivity index is 1.45. The van der Waals surface area contributed by atoms with E-state index >= 15 is 0 Å². The van der Waals surface area contributed by atoms with Crippen LogP contribution in [0, 0.1) is 5.92 Å². The molecule has 1 atom stereocenters. The van der Waals surface area contributed by atoms with Gasteiger partial charge in [0, 0.05) is 17.6 Å². The summed E-state index contributed by atoms with van der Waals surface area (Å²) in [6.45, 7) is 3.63. The Bertz CT molecular complexity index is 522. The lowest BCUT2D eigenvalue weighted by Crippen LogP contribution is -2.64. The Hall–Kier alpha value is -0.910. The van der Waals surface area contributed by atoms with Crippen molar-refractivity contribution >= 4 is 21.8 Å². The molecule has 2 aliphatic rings. The quantitative estimate of drug-likeness (QED) is 0.852. The van der Waals surface area contributed by atoms with Crippen molar-refractivity contribution in [3.63, 3.8) is 0 Å². The molecule has 1 heterocycles. The summed E-state index contributed by atoms with van der Waals surface area (Å²) in [6, 6.07) is 7.95. The van der Waals surface area contributed by atoms with Gasteiger partial charge in [-0.25, -0.2) is 0 Å². The standard InChI is InChI=1S/C16H21BrN2O2/c1-11(12-2-6-14(17)7-3-12)18-15(20)8-19-9-16(21,10-19)13-4-5-13/h2-3,6-7,11,13,21H,4-5,8-10H2,1H3,(H,18,20). The summed E-state index contributed by atoms with van der Waals surface area (Å²) in [5.41, 5.74) is 0.571. The normalized spacial score (nSPS) is 22.4. The Morgan fingerprint density at radius 1 is 1.43 bits per heavy atom. The monoisotopic (exact) mass is 352 g/mol. The van der Waals surface area contributed by atoms with Crippen LogP contribution in [0.2, 0.25) is 0 Å². The average molecular weight is 353 g/mol. The third-order valence-electron chi connectivity index (χ3n) is 4.45. The molecule has 1 amide bonds. The minimum Gasteiger partial charge on any atom is -0.387 e. The fourth-order valence-electron chi connectivity index (χ4n) is 3.04. The number of likely N-dealkylation sites (tertiary alicyclic amines) is 1. The van der Waals surface area contributed by atoms with Gasteiger partial charge < -0.3 is 10.4 Å². The van der Waals surface area contributed by atoms with Crippen LogP contribution in [0.3, 0.4) is 0 Å². The minimum absolute atomic E-state index is 0.00538. The van der Waals surface area contributed by atoms with E-state index in [1.807, 2.05) is 36.1 Å². The predicted octanol–water partition coefficient (Wildman–Crippen LogP) is 2.08. The molecule has 1 saturated heterocycles. The molecule has 1 saturated carbocycles.